The number of hydrogen-bond donors (Lipinski definition) is 3. The fourth-order valence-electron chi connectivity index (χ4n) is 3.18. The lowest BCUT2D eigenvalue weighted by Gasteiger charge is -2.12. The third kappa shape index (κ3) is 5.42. The van der Waals surface area contributed by atoms with E-state index in [2.05, 4.69) is 15.6 Å². The maximum Gasteiger partial charge on any atom is 0.264 e. The molecule has 0 fully saturated rings. The maximum absolute atomic E-state index is 12.2. The zero-order valence-electron chi connectivity index (χ0n) is 17.8. The number of carbonyl (C=O) groups is 1. The van der Waals surface area contributed by atoms with Gasteiger partial charge in [-0.25, -0.2) is 4.98 Å². The number of aryl methyl sites for hydroxylation is 2. The highest BCUT2D eigenvalue weighted by molar-refractivity contribution is 7.80. The molecular formula is C24H20ClN3O4S. The van der Waals surface area contributed by atoms with Crippen molar-refractivity contribution >= 4 is 51.6 Å². The van der Waals surface area contributed by atoms with Gasteiger partial charge in [-0.3, -0.25) is 10.1 Å². The van der Waals surface area contributed by atoms with Gasteiger partial charge in [-0.15, -0.1) is 0 Å². The van der Waals surface area contributed by atoms with E-state index in [1.165, 1.54) is 6.07 Å². The van der Waals surface area contributed by atoms with E-state index in [4.69, 9.17) is 33.0 Å². The number of thiocarbonyl (C=S) groups is 1. The van der Waals surface area contributed by atoms with Crippen molar-refractivity contribution in [3.05, 3.63) is 70.7 Å². The van der Waals surface area contributed by atoms with Crippen LogP contribution in [0.1, 0.15) is 11.1 Å². The van der Waals surface area contributed by atoms with E-state index in [9.17, 15) is 9.90 Å². The van der Waals surface area contributed by atoms with E-state index in [0.717, 1.165) is 11.1 Å². The van der Waals surface area contributed by atoms with Crippen molar-refractivity contribution in [2.45, 2.75) is 13.8 Å². The van der Waals surface area contributed by atoms with Gasteiger partial charge in [0.2, 0.25) is 5.89 Å². The zero-order valence-corrected chi connectivity index (χ0v) is 19.4. The summed E-state index contributed by atoms with van der Waals surface area (Å²) in [6.45, 7) is 3.59. The first-order chi connectivity index (χ1) is 15.8. The standard InChI is InChI=1S/C24H20ClN3O4S/c1-13-3-7-21-18(9-13)27-23(32-21)17-11-16(5-6-19(17)29)26-24(33)28-22(30)12-31-20-8-4-15(25)10-14(20)2/h3-11,29H,12H2,1-2H3,(H2,26,28,30,33). The number of nitrogens with one attached hydrogen (secondary N) is 2. The summed E-state index contributed by atoms with van der Waals surface area (Å²) in [6.07, 6.45) is 0. The van der Waals surface area contributed by atoms with Crippen LogP contribution in [-0.2, 0) is 4.79 Å². The van der Waals surface area contributed by atoms with Crippen molar-refractivity contribution in [3.8, 4) is 23.0 Å². The predicted octanol–water partition coefficient (Wildman–Crippen LogP) is 5.36. The Morgan fingerprint density at radius 1 is 1.15 bits per heavy atom. The van der Waals surface area contributed by atoms with Crippen LogP contribution >= 0.6 is 23.8 Å². The quantitative estimate of drug-likeness (QED) is 0.260. The highest BCUT2D eigenvalue weighted by Crippen LogP contribution is 2.33. The number of rotatable bonds is 5. The fourth-order valence-corrected chi connectivity index (χ4v) is 3.64. The molecule has 3 aromatic carbocycles. The Balaban J connectivity index is 1.41. The Morgan fingerprint density at radius 2 is 1.97 bits per heavy atom. The SMILES string of the molecule is Cc1ccc2oc(-c3cc(NC(=S)NC(=O)COc4ccc(Cl)cc4C)ccc3O)nc2c1. The lowest BCUT2D eigenvalue weighted by Crippen LogP contribution is -2.37. The molecule has 4 rings (SSSR count). The van der Waals surface area contributed by atoms with Gasteiger partial charge in [0, 0.05) is 10.7 Å². The molecule has 1 amide bonds. The van der Waals surface area contributed by atoms with Crippen molar-refractivity contribution in [3.63, 3.8) is 0 Å². The van der Waals surface area contributed by atoms with Crippen LogP contribution in [0.15, 0.2) is 59.0 Å². The van der Waals surface area contributed by atoms with Gasteiger partial charge in [-0.2, -0.15) is 0 Å². The van der Waals surface area contributed by atoms with Crippen LogP contribution in [0.2, 0.25) is 5.02 Å². The number of amides is 1. The van der Waals surface area contributed by atoms with E-state index in [1.807, 2.05) is 32.0 Å². The van der Waals surface area contributed by atoms with E-state index in [1.54, 1.807) is 30.3 Å². The number of ether oxygens (including phenoxy) is 1. The molecule has 0 aliphatic carbocycles. The number of halogens is 1. The molecule has 0 spiro atoms. The van der Waals surface area contributed by atoms with Crippen LogP contribution in [0.4, 0.5) is 5.69 Å². The number of nitrogens with zero attached hydrogens (tertiary/aromatic N) is 1. The highest BCUT2D eigenvalue weighted by Gasteiger charge is 2.14. The molecule has 4 aromatic rings. The Bertz CT molecular complexity index is 1370. The summed E-state index contributed by atoms with van der Waals surface area (Å²) < 4.78 is 11.3. The van der Waals surface area contributed by atoms with Crippen LogP contribution in [-0.4, -0.2) is 27.7 Å². The van der Waals surface area contributed by atoms with Crippen molar-refractivity contribution < 1.29 is 19.1 Å². The average molecular weight is 482 g/mol. The lowest BCUT2D eigenvalue weighted by molar-refractivity contribution is -0.121. The van der Waals surface area contributed by atoms with Gasteiger partial charge in [-0.05, 0) is 85.7 Å². The van der Waals surface area contributed by atoms with Crippen molar-refractivity contribution in [1.29, 1.82) is 0 Å². The summed E-state index contributed by atoms with van der Waals surface area (Å²) in [5, 5.41) is 16.5. The zero-order chi connectivity index (χ0) is 23.5. The van der Waals surface area contributed by atoms with E-state index in [-0.39, 0.29) is 23.4 Å². The molecule has 0 saturated heterocycles. The number of carbonyl (C=O) groups excluding carboxylic acids is 1. The minimum Gasteiger partial charge on any atom is -0.507 e. The summed E-state index contributed by atoms with van der Waals surface area (Å²) in [4.78, 5) is 16.7. The summed E-state index contributed by atoms with van der Waals surface area (Å²) in [7, 11) is 0. The number of fused-ring (bicyclic) bond motifs is 1. The van der Waals surface area contributed by atoms with Gasteiger partial charge in [0.25, 0.3) is 5.91 Å². The Morgan fingerprint density at radius 3 is 2.76 bits per heavy atom. The van der Waals surface area contributed by atoms with Gasteiger partial charge in [0.15, 0.2) is 17.3 Å². The monoisotopic (exact) mass is 481 g/mol. The molecule has 0 atom stereocenters. The number of hydrogen-bond acceptors (Lipinski definition) is 6. The Hall–Kier alpha value is -3.62. The van der Waals surface area contributed by atoms with Crippen LogP contribution in [0, 0.1) is 13.8 Å². The second kappa shape index (κ2) is 9.48. The van der Waals surface area contributed by atoms with Crippen LogP contribution < -0.4 is 15.4 Å². The van der Waals surface area contributed by atoms with Gasteiger partial charge in [-0.1, -0.05) is 17.7 Å². The minimum absolute atomic E-state index is 0.00511. The topological polar surface area (TPSA) is 96.6 Å². The van der Waals surface area contributed by atoms with Gasteiger partial charge in [0.05, 0.1) is 5.56 Å². The molecular weight excluding hydrogens is 462 g/mol. The number of phenolic OH excluding ortho intramolecular Hbond substituents is 1. The molecule has 3 N–H and O–H groups in total. The molecule has 0 bridgehead atoms. The van der Waals surface area contributed by atoms with E-state index >= 15 is 0 Å². The minimum atomic E-state index is -0.421. The molecule has 1 aromatic heterocycles. The predicted molar refractivity (Wildman–Crippen MR) is 132 cm³/mol. The summed E-state index contributed by atoms with van der Waals surface area (Å²) >= 11 is 11.2. The number of benzene rings is 3. The van der Waals surface area contributed by atoms with E-state index < -0.39 is 5.91 Å². The molecule has 168 valence electrons. The molecule has 0 unspecified atom stereocenters. The second-order valence-corrected chi connectivity index (χ2v) is 8.27. The van der Waals surface area contributed by atoms with Crippen LogP contribution in [0.3, 0.4) is 0 Å². The number of oxazole rings is 1. The summed E-state index contributed by atoms with van der Waals surface area (Å²) in [5.74, 6) is 0.421. The maximum atomic E-state index is 12.2. The van der Waals surface area contributed by atoms with E-state index in [0.29, 0.717) is 33.1 Å². The first-order valence-corrected chi connectivity index (χ1v) is 10.8. The first-order valence-electron chi connectivity index (χ1n) is 9.99. The van der Waals surface area contributed by atoms with Crippen molar-refractivity contribution in [1.82, 2.24) is 10.3 Å². The van der Waals surface area contributed by atoms with Crippen LogP contribution in [0.5, 0.6) is 11.5 Å². The number of anilines is 1. The van der Waals surface area contributed by atoms with Crippen molar-refractivity contribution in [2.75, 3.05) is 11.9 Å². The first kappa shape index (κ1) is 22.6. The summed E-state index contributed by atoms with van der Waals surface area (Å²) in [5.41, 5.74) is 4.12. The molecule has 1 heterocycles. The number of aromatic nitrogens is 1. The third-order valence-corrected chi connectivity index (χ3v) is 5.22. The average Bonchev–Trinajstić information content (AvgIpc) is 3.17. The normalized spacial score (nSPS) is 10.8. The van der Waals surface area contributed by atoms with Gasteiger partial charge >= 0.3 is 0 Å². The number of aromatic hydroxyl groups is 1. The molecule has 7 nitrogen and oxygen atoms in total. The van der Waals surface area contributed by atoms with Gasteiger partial charge in [0.1, 0.15) is 17.0 Å². The second-order valence-electron chi connectivity index (χ2n) is 7.42. The van der Waals surface area contributed by atoms with Crippen molar-refractivity contribution in [2.24, 2.45) is 0 Å². The summed E-state index contributed by atoms with van der Waals surface area (Å²) in [6, 6.07) is 15.6. The molecule has 0 radical (unpaired) electrons. The van der Waals surface area contributed by atoms with Crippen LogP contribution in [0.25, 0.3) is 22.6 Å². The Kier molecular flexibility index (Phi) is 6.48. The highest BCUT2D eigenvalue weighted by atomic mass is 35.5. The Labute approximate surface area is 200 Å². The fraction of sp³-hybridized carbons (Fsp3) is 0.125. The number of phenols is 1. The molecule has 0 aliphatic rings. The third-order valence-electron chi connectivity index (χ3n) is 4.78. The molecule has 0 aliphatic heterocycles. The molecule has 33 heavy (non-hydrogen) atoms. The largest absolute Gasteiger partial charge is 0.507 e. The molecule has 9 heteroatoms. The molecule has 0 saturated carbocycles. The lowest BCUT2D eigenvalue weighted by atomic mass is 10.1. The smallest absolute Gasteiger partial charge is 0.264 e. The van der Waals surface area contributed by atoms with Gasteiger partial charge < -0.3 is 19.6 Å².